The van der Waals surface area contributed by atoms with Crippen molar-refractivity contribution in [1.29, 1.82) is 0 Å². The van der Waals surface area contributed by atoms with Crippen LogP contribution >= 0.6 is 0 Å². The van der Waals surface area contributed by atoms with Crippen molar-refractivity contribution >= 4 is 17.5 Å². The highest BCUT2D eigenvalue weighted by Crippen LogP contribution is 2.27. The zero-order valence-electron chi connectivity index (χ0n) is 16.7. The van der Waals surface area contributed by atoms with Crippen LogP contribution in [0, 0.1) is 12.8 Å². The van der Waals surface area contributed by atoms with E-state index in [4.69, 9.17) is 0 Å². The molecule has 2 aromatic heterocycles. The van der Waals surface area contributed by atoms with Gasteiger partial charge in [0.15, 0.2) is 0 Å². The number of carbonyl (C=O) groups excluding carboxylic acids is 2. The first kappa shape index (κ1) is 19.0. The predicted molar refractivity (Wildman–Crippen MR) is 108 cm³/mol. The molecule has 0 unspecified atom stereocenters. The van der Waals surface area contributed by atoms with Gasteiger partial charge in [0.2, 0.25) is 11.8 Å². The number of hydrogen-bond donors (Lipinski definition) is 1. The summed E-state index contributed by atoms with van der Waals surface area (Å²) in [6, 6.07) is 4.40. The van der Waals surface area contributed by atoms with Gasteiger partial charge in [-0.3, -0.25) is 9.59 Å². The fraction of sp³-hybridized carbons (Fsp3) is 0.591. The van der Waals surface area contributed by atoms with Crippen LogP contribution in [0.2, 0.25) is 0 Å². The number of amides is 2. The number of aromatic nitrogens is 2. The summed E-state index contributed by atoms with van der Waals surface area (Å²) in [4.78, 5) is 31.8. The van der Waals surface area contributed by atoms with E-state index in [0.717, 1.165) is 24.2 Å². The van der Waals surface area contributed by atoms with Crippen LogP contribution in [0.5, 0.6) is 0 Å². The minimum Gasteiger partial charge on any atom is -0.350 e. The summed E-state index contributed by atoms with van der Waals surface area (Å²) < 4.78 is 1.97. The standard InChI is InChI=1S/C22H30N4O2/c1-16-10-11-25-15-18(24-20(25)12-16)13-23-22(28)17-8-9-21(27)26(14-17)19-6-4-2-3-5-7-19/h10-12,15,17,19H,2-9,13-14H2,1H3,(H,23,28)/t17-/m1/s1. The molecule has 2 fully saturated rings. The van der Waals surface area contributed by atoms with Gasteiger partial charge in [0.25, 0.3) is 0 Å². The van der Waals surface area contributed by atoms with E-state index in [1.165, 1.54) is 31.2 Å². The van der Waals surface area contributed by atoms with Gasteiger partial charge in [-0.05, 0) is 43.9 Å². The van der Waals surface area contributed by atoms with E-state index in [-0.39, 0.29) is 17.7 Å². The summed E-state index contributed by atoms with van der Waals surface area (Å²) in [5, 5.41) is 3.04. The maximum absolute atomic E-state index is 12.8. The molecule has 0 spiro atoms. The minimum atomic E-state index is -0.111. The van der Waals surface area contributed by atoms with Crippen molar-refractivity contribution in [1.82, 2.24) is 19.6 Å². The number of likely N-dealkylation sites (tertiary alicyclic amines) is 1. The Hall–Kier alpha value is -2.37. The minimum absolute atomic E-state index is 0.0411. The molecule has 0 bridgehead atoms. The molecule has 0 radical (unpaired) electrons. The second kappa shape index (κ2) is 8.33. The van der Waals surface area contributed by atoms with Crippen LogP contribution in [0.1, 0.15) is 62.6 Å². The molecular formula is C22H30N4O2. The number of hydrogen-bond acceptors (Lipinski definition) is 3. The van der Waals surface area contributed by atoms with Gasteiger partial charge >= 0.3 is 0 Å². The Morgan fingerprint density at radius 3 is 2.79 bits per heavy atom. The van der Waals surface area contributed by atoms with Crippen molar-refractivity contribution in [2.45, 2.75) is 70.9 Å². The van der Waals surface area contributed by atoms with Gasteiger partial charge < -0.3 is 14.6 Å². The van der Waals surface area contributed by atoms with E-state index < -0.39 is 0 Å². The lowest BCUT2D eigenvalue weighted by Crippen LogP contribution is -2.49. The average Bonchev–Trinajstić information content (AvgIpc) is 2.90. The number of aryl methyl sites for hydroxylation is 1. The Morgan fingerprint density at radius 1 is 1.21 bits per heavy atom. The molecular weight excluding hydrogens is 352 g/mol. The lowest BCUT2D eigenvalue weighted by atomic mass is 9.93. The summed E-state index contributed by atoms with van der Waals surface area (Å²) in [6.07, 6.45) is 12.2. The van der Waals surface area contributed by atoms with Crippen LogP contribution in [-0.4, -0.2) is 38.7 Å². The smallest absolute Gasteiger partial charge is 0.225 e. The molecule has 3 heterocycles. The Morgan fingerprint density at radius 2 is 2.00 bits per heavy atom. The van der Waals surface area contributed by atoms with Gasteiger partial charge in [-0.15, -0.1) is 0 Å². The summed E-state index contributed by atoms with van der Waals surface area (Å²) in [5.41, 5.74) is 2.91. The lowest BCUT2D eigenvalue weighted by molar-refractivity contribution is -0.141. The van der Waals surface area contributed by atoms with Crippen molar-refractivity contribution in [3.8, 4) is 0 Å². The molecule has 2 aliphatic rings. The van der Waals surface area contributed by atoms with Gasteiger partial charge in [-0.1, -0.05) is 25.7 Å². The van der Waals surface area contributed by atoms with Crippen molar-refractivity contribution in [3.05, 3.63) is 35.8 Å². The Bertz CT molecular complexity index is 851. The van der Waals surface area contributed by atoms with Gasteiger partial charge in [-0.2, -0.15) is 0 Å². The first-order valence-corrected chi connectivity index (χ1v) is 10.6. The first-order valence-electron chi connectivity index (χ1n) is 10.6. The van der Waals surface area contributed by atoms with Crippen LogP contribution in [0.3, 0.4) is 0 Å². The van der Waals surface area contributed by atoms with E-state index in [1.807, 2.05) is 40.8 Å². The van der Waals surface area contributed by atoms with Crippen LogP contribution in [0.4, 0.5) is 0 Å². The number of imidazole rings is 1. The first-order chi connectivity index (χ1) is 13.6. The molecule has 28 heavy (non-hydrogen) atoms. The lowest BCUT2D eigenvalue weighted by Gasteiger charge is -2.37. The molecule has 1 saturated carbocycles. The molecule has 150 valence electrons. The molecule has 2 aromatic rings. The third-order valence-electron chi connectivity index (χ3n) is 6.19. The van der Waals surface area contributed by atoms with Gasteiger partial charge in [0.1, 0.15) is 5.65 Å². The van der Waals surface area contributed by atoms with Gasteiger partial charge in [-0.25, -0.2) is 4.98 Å². The number of nitrogens with one attached hydrogen (secondary N) is 1. The van der Waals surface area contributed by atoms with Crippen molar-refractivity contribution in [3.63, 3.8) is 0 Å². The Kier molecular flexibility index (Phi) is 5.64. The molecule has 1 N–H and O–H groups in total. The SMILES string of the molecule is Cc1ccn2cc(CNC(=O)[C@@H]3CCC(=O)N(C4CCCCCC4)C3)nc2c1. The average molecular weight is 383 g/mol. The predicted octanol–water partition coefficient (Wildman–Crippen LogP) is 3.22. The molecule has 1 saturated heterocycles. The van der Waals surface area contributed by atoms with E-state index in [2.05, 4.69) is 10.3 Å². The van der Waals surface area contributed by atoms with E-state index >= 15 is 0 Å². The third kappa shape index (κ3) is 4.21. The number of carbonyl (C=O) groups is 2. The highest BCUT2D eigenvalue weighted by atomic mass is 16.2. The second-order valence-electron chi connectivity index (χ2n) is 8.35. The fourth-order valence-corrected chi connectivity index (χ4v) is 4.55. The highest BCUT2D eigenvalue weighted by Gasteiger charge is 2.34. The number of rotatable bonds is 4. The second-order valence-corrected chi connectivity index (χ2v) is 8.35. The molecule has 1 aliphatic carbocycles. The van der Waals surface area contributed by atoms with Gasteiger partial charge in [0.05, 0.1) is 18.2 Å². The molecule has 4 rings (SSSR count). The van der Waals surface area contributed by atoms with Gasteiger partial charge in [0, 0.05) is 31.4 Å². The number of fused-ring (bicyclic) bond motifs is 1. The molecule has 1 aliphatic heterocycles. The largest absolute Gasteiger partial charge is 0.350 e. The maximum Gasteiger partial charge on any atom is 0.225 e. The zero-order chi connectivity index (χ0) is 19.5. The van der Waals surface area contributed by atoms with Crippen LogP contribution in [0.15, 0.2) is 24.5 Å². The van der Waals surface area contributed by atoms with Crippen molar-refractivity contribution < 1.29 is 9.59 Å². The number of pyridine rings is 1. The zero-order valence-corrected chi connectivity index (χ0v) is 16.7. The summed E-state index contributed by atoms with van der Waals surface area (Å²) in [5.74, 6) is 0.159. The Balaban J connectivity index is 1.36. The topological polar surface area (TPSA) is 66.7 Å². The Labute approximate surface area is 166 Å². The fourth-order valence-electron chi connectivity index (χ4n) is 4.55. The van der Waals surface area contributed by atoms with E-state index in [0.29, 0.717) is 32.0 Å². The number of nitrogens with zero attached hydrogens (tertiary/aromatic N) is 3. The third-order valence-corrected chi connectivity index (χ3v) is 6.19. The molecule has 6 heteroatoms. The summed E-state index contributed by atoms with van der Waals surface area (Å²) in [7, 11) is 0. The highest BCUT2D eigenvalue weighted by molar-refractivity contribution is 5.84. The maximum atomic E-state index is 12.8. The van der Waals surface area contributed by atoms with Crippen LogP contribution in [-0.2, 0) is 16.1 Å². The molecule has 1 atom stereocenters. The van der Waals surface area contributed by atoms with E-state index in [1.54, 1.807) is 0 Å². The molecule has 6 nitrogen and oxygen atoms in total. The number of piperidine rings is 1. The summed E-state index contributed by atoms with van der Waals surface area (Å²) >= 11 is 0. The molecule has 0 aromatic carbocycles. The summed E-state index contributed by atoms with van der Waals surface area (Å²) in [6.45, 7) is 3.04. The normalized spacial score (nSPS) is 21.7. The van der Waals surface area contributed by atoms with Crippen LogP contribution in [0.25, 0.3) is 5.65 Å². The van der Waals surface area contributed by atoms with Crippen molar-refractivity contribution in [2.24, 2.45) is 5.92 Å². The van der Waals surface area contributed by atoms with Crippen molar-refractivity contribution in [2.75, 3.05) is 6.54 Å². The molecule has 2 amide bonds. The quantitative estimate of drug-likeness (QED) is 0.826. The van der Waals surface area contributed by atoms with E-state index in [9.17, 15) is 9.59 Å². The monoisotopic (exact) mass is 382 g/mol. The van der Waals surface area contributed by atoms with Crippen LogP contribution < -0.4 is 5.32 Å².